The first-order valence-electron chi connectivity index (χ1n) is 11.0. The molecule has 9 atom stereocenters. The van der Waals surface area contributed by atoms with E-state index < -0.39 is 31.0 Å². The fraction of sp³-hybridized carbons (Fsp3) is 0.864. The molecule has 0 radical (unpaired) electrons. The van der Waals surface area contributed by atoms with E-state index in [1.54, 1.807) is 11.9 Å². The summed E-state index contributed by atoms with van der Waals surface area (Å²) in [5.74, 6) is -0.0128. The fourth-order valence-corrected chi connectivity index (χ4v) is 5.87. The highest BCUT2D eigenvalue weighted by Gasteiger charge is 2.55. The quantitative estimate of drug-likeness (QED) is 0.263. The monoisotopic (exact) mass is 427 g/mol. The number of hydrogen-bond donors (Lipinski definition) is 5. The van der Waals surface area contributed by atoms with E-state index >= 15 is 0 Å². The van der Waals surface area contributed by atoms with Crippen molar-refractivity contribution in [2.75, 3.05) is 26.7 Å². The van der Waals surface area contributed by atoms with Gasteiger partial charge in [-0.05, 0) is 50.5 Å². The Bertz CT molecular complexity index is 643. The number of allylic oxidation sites excluding steroid dienone is 1. The second-order valence-corrected chi connectivity index (χ2v) is 9.92. The average Bonchev–Trinajstić information content (AvgIpc) is 2.98. The van der Waals surface area contributed by atoms with E-state index in [1.807, 2.05) is 0 Å². The lowest BCUT2D eigenvalue weighted by molar-refractivity contribution is -0.146. The second-order valence-electron chi connectivity index (χ2n) is 9.92. The number of carbonyl (C=O) groups is 1. The van der Waals surface area contributed by atoms with Crippen molar-refractivity contribution in [2.45, 2.75) is 69.5 Å². The largest absolute Gasteiger partial charge is 0.462 e. The number of hydrogen-bond acceptors (Lipinski definition) is 8. The van der Waals surface area contributed by atoms with Gasteiger partial charge in [0.2, 0.25) is 0 Å². The Morgan fingerprint density at radius 1 is 1.23 bits per heavy atom. The third-order valence-corrected chi connectivity index (χ3v) is 7.65. The van der Waals surface area contributed by atoms with Gasteiger partial charge in [-0.25, -0.2) is 0 Å². The summed E-state index contributed by atoms with van der Waals surface area (Å²) in [7, 11) is 1.73. The van der Waals surface area contributed by atoms with Gasteiger partial charge in [-0.3, -0.25) is 4.79 Å². The molecule has 1 aliphatic heterocycles. The molecule has 0 unspecified atom stereocenters. The van der Waals surface area contributed by atoms with Crippen molar-refractivity contribution in [2.24, 2.45) is 23.2 Å². The molecule has 0 aromatic rings. The van der Waals surface area contributed by atoms with Crippen LogP contribution >= 0.6 is 0 Å². The van der Waals surface area contributed by atoms with Crippen molar-refractivity contribution in [3.05, 3.63) is 12.2 Å². The minimum Gasteiger partial charge on any atom is -0.462 e. The van der Waals surface area contributed by atoms with Gasteiger partial charge >= 0.3 is 5.97 Å². The molecule has 0 aromatic heterocycles. The van der Waals surface area contributed by atoms with Crippen LogP contribution in [0, 0.1) is 23.2 Å². The average molecular weight is 428 g/mol. The molecular formula is C22H37NO7. The molecule has 0 bridgehead atoms. The van der Waals surface area contributed by atoms with Gasteiger partial charge in [0.25, 0.3) is 0 Å². The maximum Gasteiger partial charge on any atom is 0.310 e. The zero-order valence-electron chi connectivity index (χ0n) is 18.0. The van der Waals surface area contributed by atoms with Crippen LogP contribution in [0.15, 0.2) is 12.2 Å². The molecule has 3 rings (SSSR count). The standard InChI is InChI=1S/C22H37NO7/c1-12-5-4-6-22(2)8-18-13(7-15(12)22)14(21(29)30-18)9-23(3)10-16(25)19(27)20(28)17(26)11-24/h13-20,24-28H,1,4-11H2,2-3H3/t13-,14-,15+,16-,17+,18-,19-,20-,22-/m1/s1. The molecule has 3 fully saturated rings. The van der Waals surface area contributed by atoms with E-state index in [2.05, 4.69) is 13.5 Å². The van der Waals surface area contributed by atoms with Crippen LogP contribution in [-0.2, 0) is 9.53 Å². The van der Waals surface area contributed by atoms with Gasteiger partial charge in [0, 0.05) is 19.0 Å². The smallest absolute Gasteiger partial charge is 0.310 e. The van der Waals surface area contributed by atoms with Gasteiger partial charge in [0.05, 0.1) is 18.6 Å². The zero-order valence-corrected chi connectivity index (χ0v) is 18.0. The lowest BCUT2D eigenvalue weighted by Crippen LogP contribution is -2.50. The van der Waals surface area contributed by atoms with Crippen molar-refractivity contribution in [3.8, 4) is 0 Å². The third kappa shape index (κ3) is 4.59. The van der Waals surface area contributed by atoms with Crippen LogP contribution in [0.3, 0.4) is 0 Å². The SMILES string of the molecule is C=C1CCC[C@]2(C)C[C@H]3OC(=O)[C@H](CN(C)C[C@@H](O)[C@@H](O)[C@H](O)[C@@H](O)CO)[C@H]3C[C@@H]12. The molecule has 5 N–H and O–H groups in total. The number of nitrogens with zero attached hydrogens (tertiary/aromatic N) is 1. The van der Waals surface area contributed by atoms with Gasteiger partial charge in [0.1, 0.15) is 24.4 Å². The van der Waals surface area contributed by atoms with Crippen molar-refractivity contribution in [1.82, 2.24) is 4.90 Å². The maximum absolute atomic E-state index is 12.6. The first-order valence-corrected chi connectivity index (χ1v) is 11.0. The molecular weight excluding hydrogens is 390 g/mol. The van der Waals surface area contributed by atoms with Crippen molar-refractivity contribution >= 4 is 5.97 Å². The number of aliphatic hydroxyl groups excluding tert-OH is 5. The maximum atomic E-state index is 12.6. The molecule has 172 valence electrons. The number of ether oxygens (including phenoxy) is 1. The van der Waals surface area contributed by atoms with Crippen LogP contribution < -0.4 is 0 Å². The van der Waals surface area contributed by atoms with E-state index in [0.29, 0.717) is 12.5 Å². The Hall–Kier alpha value is -1.03. The first kappa shape index (κ1) is 23.6. The van der Waals surface area contributed by atoms with Crippen LogP contribution in [0.2, 0.25) is 0 Å². The molecule has 3 aliphatic rings. The molecule has 0 aromatic carbocycles. The first-order chi connectivity index (χ1) is 14.1. The molecule has 2 saturated carbocycles. The van der Waals surface area contributed by atoms with Gasteiger partial charge in [-0.15, -0.1) is 0 Å². The van der Waals surface area contributed by atoms with E-state index in [9.17, 15) is 25.2 Å². The van der Waals surface area contributed by atoms with Crippen LogP contribution in [0.4, 0.5) is 0 Å². The number of aliphatic hydroxyl groups is 5. The van der Waals surface area contributed by atoms with Crippen LogP contribution in [0.5, 0.6) is 0 Å². The number of carbonyl (C=O) groups excluding carboxylic acids is 1. The predicted molar refractivity (Wildman–Crippen MR) is 109 cm³/mol. The van der Waals surface area contributed by atoms with E-state index in [0.717, 1.165) is 32.1 Å². The number of rotatable bonds is 8. The second kappa shape index (κ2) is 9.22. The Morgan fingerprint density at radius 2 is 1.90 bits per heavy atom. The van der Waals surface area contributed by atoms with Crippen molar-refractivity contribution in [3.63, 3.8) is 0 Å². The summed E-state index contributed by atoms with van der Waals surface area (Å²) < 4.78 is 5.76. The Balaban J connectivity index is 1.61. The van der Waals surface area contributed by atoms with E-state index in [4.69, 9.17) is 9.84 Å². The number of likely N-dealkylation sites (N-methyl/N-ethyl adjacent to an activating group) is 1. The van der Waals surface area contributed by atoms with Gasteiger partial charge in [-0.2, -0.15) is 0 Å². The molecule has 0 amide bonds. The Kier molecular flexibility index (Phi) is 7.26. The normalized spacial score (nSPS) is 37.9. The summed E-state index contributed by atoms with van der Waals surface area (Å²) in [5, 5.41) is 48.4. The summed E-state index contributed by atoms with van der Waals surface area (Å²) in [5.41, 5.74) is 1.42. The molecule has 0 spiro atoms. The third-order valence-electron chi connectivity index (χ3n) is 7.65. The highest BCUT2D eigenvalue weighted by atomic mass is 16.6. The summed E-state index contributed by atoms with van der Waals surface area (Å²) in [4.78, 5) is 14.4. The molecule has 2 aliphatic carbocycles. The Labute approximate surface area is 178 Å². The van der Waals surface area contributed by atoms with Gasteiger partial charge in [0.15, 0.2) is 0 Å². The molecule has 1 saturated heterocycles. The van der Waals surface area contributed by atoms with Crippen LogP contribution in [0.1, 0.15) is 39.0 Å². The van der Waals surface area contributed by atoms with E-state index in [1.165, 1.54) is 5.57 Å². The molecule has 30 heavy (non-hydrogen) atoms. The number of esters is 1. The van der Waals surface area contributed by atoms with Gasteiger partial charge < -0.3 is 35.2 Å². The molecule has 8 heteroatoms. The highest BCUT2D eigenvalue weighted by molar-refractivity contribution is 5.75. The topological polar surface area (TPSA) is 131 Å². The summed E-state index contributed by atoms with van der Waals surface area (Å²) in [6, 6.07) is 0. The van der Waals surface area contributed by atoms with Gasteiger partial charge in [-0.1, -0.05) is 19.1 Å². The minimum atomic E-state index is -1.66. The van der Waals surface area contributed by atoms with Crippen molar-refractivity contribution < 1.29 is 35.1 Å². The highest BCUT2D eigenvalue weighted by Crippen LogP contribution is 2.56. The Morgan fingerprint density at radius 3 is 2.57 bits per heavy atom. The van der Waals surface area contributed by atoms with Crippen LogP contribution in [0.25, 0.3) is 0 Å². The lowest BCUT2D eigenvalue weighted by Gasteiger charge is -2.50. The number of fused-ring (bicyclic) bond motifs is 2. The molecule has 8 nitrogen and oxygen atoms in total. The lowest BCUT2D eigenvalue weighted by atomic mass is 9.55. The van der Waals surface area contributed by atoms with E-state index in [-0.39, 0.29) is 35.9 Å². The predicted octanol–water partition coefficient (Wildman–Crippen LogP) is -0.332. The minimum absolute atomic E-state index is 0.00535. The zero-order chi connectivity index (χ0) is 22.2. The summed E-state index contributed by atoms with van der Waals surface area (Å²) >= 11 is 0. The summed E-state index contributed by atoms with van der Waals surface area (Å²) in [6.45, 7) is 6.25. The fourth-order valence-electron chi connectivity index (χ4n) is 5.87. The van der Waals surface area contributed by atoms with Crippen molar-refractivity contribution in [1.29, 1.82) is 0 Å². The molecule has 1 heterocycles. The van der Waals surface area contributed by atoms with Crippen LogP contribution in [-0.4, -0.2) is 93.7 Å². The summed E-state index contributed by atoms with van der Waals surface area (Å²) in [6.07, 6.45) is -1.17.